The van der Waals surface area contributed by atoms with E-state index in [1.54, 1.807) is 6.07 Å². The molecule has 1 saturated carbocycles. The molecule has 0 radical (unpaired) electrons. The average Bonchev–Trinajstić information content (AvgIpc) is 3.09. The Morgan fingerprint density at radius 1 is 1.53 bits per heavy atom. The van der Waals surface area contributed by atoms with E-state index in [2.05, 4.69) is 0 Å². The number of nitrogens with two attached hydrogens (primary N) is 1. The van der Waals surface area contributed by atoms with Crippen molar-refractivity contribution in [1.29, 1.82) is 0 Å². The molecule has 1 aliphatic carbocycles. The predicted octanol–water partition coefficient (Wildman–Crippen LogP) is 1.91. The first-order valence-corrected chi connectivity index (χ1v) is 5.78. The summed E-state index contributed by atoms with van der Waals surface area (Å²) in [6.07, 6.45) is 2.59. The van der Waals surface area contributed by atoms with Gasteiger partial charge in [-0.25, -0.2) is 4.39 Å². The van der Waals surface area contributed by atoms with E-state index in [9.17, 15) is 14.3 Å². The molecule has 0 bridgehead atoms. The summed E-state index contributed by atoms with van der Waals surface area (Å²) in [6.45, 7) is 0.00227. The maximum atomic E-state index is 13.2. The highest BCUT2D eigenvalue weighted by Crippen LogP contribution is 2.42. The highest BCUT2D eigenvalue weighted by Gasteiger charge is 2.43. The number of carboxylic acids is 1. The molecule has 0 saturated heterocycles. The second-order valence-corrected chi connectivity index (χ2v) is 4.75. The minimum atomic E-state index is -1.14. The standard InChI is InChI=1S/C13H16FNO2/c14-11-3-1-2-10(6-11)13(8-15,12(16)17)7-9-4-5-9/h1-3,6,9H,4-5,7-8,15H2,(H,16,17). The van der Waals surface area contributed by atoms with Crippen LogP contribution in [0.5, 0.6) is 0 Å². The van der Waals surface area contributed by atoms with Crippen molar-refractivity contribution in [3.8, 4) is 0 Å². The molecule has 1 aliphatic rings. The van der Waals surface area contributed by atoms with Crippen LogP contribution in [0.1, 0.15) is 24.8 Å². The highest BCUT2D eigenvalue weighted by molar-refractivity contribution is 5.81. The fourth-order valence-electron chi connectivity index (χ4n) is 2.22. The van der Waals surface area contributed by atoms with Gasteiger partial charge < -0.3 is 10.8 Å². The molecule has 1 aromatic carbocycles. The number of hydrogen-bond acceptors (Lipinski definition) is 2. The molecule has 4 heteroatoms. The van der Waals surface area contributed by atoms with Crippen LogP contribution in [0, 0.1) is 11.7 Å². The smallest absolute Gasteiger partial charge is 0.315 e. The van der Waals surface area contributed by atoms with Crippen LogP contribution in [-0.2, 0) is 10.2 Å². The van der Waals surface area contributed by atoms with Crippen LogP contribution in [0.3, 0.4) is 0 Å². The zero-order chi connectivity index (χ0) is 12.5. The Hall–Kier alpha value is -1.42. The number of halogens is 1. The van der Waals surface area contributed by atoms with Gasteiger partial charge in [0.15, 0.2) is 0 Å². The number of hydrogen-bond donors (Lipinski definition) is 2. The van der Waals surface area contributed by atoms with Crippen LogP contribution < -0.4 is 5.73 Å². The SMILES string of the molecule is NCC(CC1CC1)(C(=O)O)c1cccc(F)c1. The third-order valence-corrected chi connectivity index (χ3v) is 3.47. The summed E-state index contributed by atoms with van der Waals surface area (Å²) in [4.78, 5) is 11.5. The van der Waals surface area contributed by atoms with Crippen molar-refractivity contribution in [2.24, 2.45) is 11.7 Å². The van der Waals surface area contributed by atoms with Gasteiger partial charge in [-0.2, -0.15) is 0 Å². The molecule has 1 unspecified atom stereocenters. The van der Waals surface area contributed by atoms with Crippen LogP contribution in [0.15, 0.2) is 24.3 Å². The lowest BCUT2D eigenvalue weighted by molar-refractivity contribution is -0.144. The number of aliphatic carboxylic acids is 1. The van der Waals surface area contributed by atoms with Crippen molar-refractivity contribution in [3.05, 3.63) is 35.6 Å². The third-order valence-electron chi connectivity index (χ3n) is 3.47. The first-order chi connectivity index (χ1) is 8.08. The second kappa shape index (κ2) is 4.45. The fourth-order valence-corrected chi connectivity index (χ4v) is 2.22. The largest absolute Gasteiger partial charge is 0.481 e. The van der Waals surface area contributed by atoms with Gasteiger partial charge in [0.25, 0.3) is 0 Å². The quantitative estimate of drug-likeness (QED) is 0.822. The van der Waals surface area contributed by atoms with Gasteiger partial charge in [-0.3, -0.25) is 4.79 Å². The first kappa shape index (κ1) is 12.0. The van der Waals surface area contributed by atoms with Gasteiger partial charge in [0.1, 0.15) is 11.2 Å². The van der Waals surface area contributed by atoms with Gasteiger partial charge in [0, 0.05) is 6.54 Å². The number of benzene rings is 1. The van der Waals surface area contributed by atoms with Gasteiger partial charge in [-0.15, -0.1) is 0 Å². The van der Waals surface area contributed by atoms with E-state index in [1.807, 2.05) is 0 Å². The molecule has 0 spiro atoms. The molecule has 3 nitrogen and oxygen atoms in total. The molecule has 2 rings (SSSR count). The zero-order valence-corrected chi connectivity index (χ0v) is 9.53. The first-order valence-electron chi connectivity index (χ1n) is 5.78. The Labute approximate surface area is 99.4 Å². The van der Waals surface area contributed by atoms with Gasteiger partial charge in [-0.05, 0) is 30.0 Å². The van der Waals surface area contributed by atoms with E-state index in [4.69, 9.17) is 5.73 Å². The third kappa shape index (κ3) is 2.31. The lowest BCUT2D eigenvalue weighted by Crippen LogP contribution is -2.43. The second-order valence-electron chi connectivity index (χ2n) is 4.75. The molecule has 1 aromatic rings. The minimum Gasteiger partial charge on any atom is -0.481 e. The van der Waals surface area contributed by atoms with Crippen LogP contribution in [0.2, 0.25) is 0 Å². The van der Waals surface area contributed by atoms with Crippen molar-refractivity contribution in [2.75, 3.05) is 6.54 Å². The topological polar surface area (TPSA) is 63.3 Å². The van der Waals surface area contributed by atoms with E-state index in [0.29, 0.717) is 17.9 Å². The normalized spacial score (nSPS) is 18.7. The summed E-state index contributed by atoms with van der Waals surface area (Å²) in [5, 5.41) is 9.44. The van der Waals surface area contributed by atoms with Crippen molar-refractivity contribution in [2.45, 2.75) is 24.7 Å². The van der Waals surface area contributed by atoms with Crippen molar-refractivity contribution < 1.29 is 14.3 Å². The van der Waals surface area contributed by atoms with Gasteiger partial charge in [-0.1, -0.05) is 25.0 Å². The van der Waals surface area contributed by atoms with E-state index >= 15 is 0 Å². The molecule has 1 fully saturated rings. The number of rotatable bonds is 5. The van der Waals surface area contributed by atoms with Crippen molar-refractivity contribution in [3.63, 3.8) is 0 Å². The Balaban J connectivity index is 2.39. The Morgan fingerprint density at radius 2 is 2.24 bits per heavy atom. The molecule has 3 N–H and O–H groups in total. The summed E-state index contributed by atoms with van der Waals surface area (Å²) in [6, 6.07) is 5.77. The van der Waals surface area contributed by atoms with E-state index in [-0.39, 0.29) is 6.54 Å². The molecular weight excluding hydrogens is 221 g/mol. The van der Waals surface area contributed by atoms with Crippen LogP contribution >= 0.6 is 0 Å². The summed E-state index contributed by atoms with van der Waals surface area (Å²) >= 11 is 0. The van der Waals surface area contributed by atoms with Crippen molar-refractivity contribution >= 4 is 5.97 Å². The van der Waals surface area contributed by atoms with E-state index in [1.165, 1.54) is 18.2 Å². The summed E-state index contributed by atoms with van der Waals surface area (Å²) < 4.78 is 13.2. The molecule has 92 valence electrons. The van der Waals surface area contributed by atoms with Crippen LogP contribution in [0.4, 0.5) is 4.39 Å². The van der Waals surface area contributed by atoms with Gasteiger partial charge >= 0.3 is 5.97 Å². The van der Waals surface area contributed by atoms with Crippen molar-refractivity contribution in [1.82, 2.24) is 0 Å². The van der Waals surface area contributed by atoms with Gasteiger partial charge in [0.05, 0.1) is 0 Å². The monoisotopic (exact) mass is 237 g/mol. The predicted molar refractivity (Wildman–Crippen MR) is 62.1 cm³/mol. The lowest BCUT2D eigenvalue weighted by atomic mass is 9.76. The van der Waals surface area contributed by atoms with E-state index < -0.39 is 17.2 Å². The number of carboxylic acid groups (broad SMARTS) is 1. The van der Waals surface area contributed by atoms with Crippen LogP contribution in [-0.4, -0.2) is 17.6 Å². The Kier molecular flexibility index (Phi) is 3.15. The van der Waals surface area contributed by atoms with Crippen LogP contribution in [0.25, 0.3) is 0 Å². The average molecular weight is 237 g/mol. The maximum Gasteiger partial charge on any atom is 0.315 e. The summed E-state index contributed by atoms with van der Waals surface area (Å²) in [5.74, 6) is -0.965. The Bertz CT molecular complexity index is 431. The fraction of sp³-hybridized carbons (Fsp3) is 0.462. The summed E-state index contributed by atoms with van der Waals surface area (Å²) in [7, 11) is 0. The Morgan fingerprint density at radius 3 is 2.71 bits per heavy atom. The van der Waals surface area contributed by atoms with E-state index in [0.717, 1.165) is 12.8 Å². The molecule has 17 heavy (non-hydrogen) atoms. The maximum absolute atomic E-state index is 13.2. The highest BCUT2D eigenvalue weighted by atomic mass is 19.1. The molecule has 0 aromatic heterocycles. The molecule has 1 atom stereocenters. The zero-order valence-electron chi connectivity index (χ0n) is 9.53. The molecule has 0 aliphatic heterocycles. The minimum absolute atomic E-state index is 0.00227. The molecule has 0 amide bonds. The lowest BCUT2D eigenvalue weighted by Gasteiger charge is -2.28. The molecular formula is C13H16FNO2. The van der Waals surface area contributed by atoms with Gasteiger partial charge in [0.2, 0.25) is 0 Å². The molecule has 0 heterocycles. The summed E-state index contributed by atoms with van der Waals surface area (Å²) in [5.41, 5.74) is 5.00. The number of carbonyl (C=O) groups is 1.